The Hall–Kier alpha value is -3.00. The van der Waals surface area contributed by atoms with Gasteiger partial charge in [-0.3, -0.25) is 0 Å². The first-order chi connectivity index (χ1) is 16.7. The number of fused-ring (bicyclic) bond motifs is 2. The summed E-state index contributed by atoms with van der Waals surface area (Å²) < 4.78 is 54.0. The van der Waals surface area contributed by atoms with Crippen molar-refractivity contribution in [1.29, 1.82) is 0 Å². The number of alkyl halides is 3. The Labute approximate surface area is 201 Å². The maximum absolute atomic E-state index is 13.2. The summed E-state index contributed by atoms with van der Waals surface area (Å²) in [5.41, 5.74) is 5.38. The number of nitrogens with zero attached hydrogens (tertiary/aromatic N) is 3. The normalized spacial score (nSPS) is 28.3. The maximum atomic E-state index is 13.2. The van der Waals surface area contributed by atoms with Gasteiger partial charge in [0.05, 0.1) is 29.7 Å². The average molecular weight is 482 g/mol. The Balaban J connectivity index is 1.45. The number of aromatic nitrogens is 2. The summed E-state index contributed by atoms with van der Waals surface area (Å²) in [6, 6.07) is 9.85. The lowest BCUT2D eigenvalue weighted by atomic mass is 9.51. The van der Waals surface area contributed by atoms with Gasteiger partial charge in [0.2, 0.25) is 0 Å². The fourth-order valence-electron chi connectivity index (χ4n) is 7.36. The van der Waals surface area contributed by atoms with Gasteiger partial charge < -0.3 is 14.4 Å². The van der Waals surface area contributed by atoms with Crippen LogP contribution in [0.3, 0.4) is 0 Å². The van der Waals surface area contributed by atoms with Gasteiger partial charge in [-0.15, -0.1) is 0 Å². The highest BCUT2D eigenvalue weighted by Crippen LogP contribution is 2.67. The van der Waals surface area contributed by atoms with E-state index in [-0.39, 0.29) is 11.5 Å². The van der Waals surface area contributed by atoms with E-state index in [1.807, 2.05) is 17.7 Å². The van der Waals surface area contributed by atoms with Gasteiger partial charge in [0, 0.05) is 22.6 Å². The lowest BCUT2D eigenvalue weighted by Gasteiger charge is -2.57. The summed E-state index contributed by atoms with van der Waals surface area (Å²) in [7, 11) is 3.88. The van der Waals surface area contributed by atoms with Crippen LogP contribution in [0.15, 0.2) is 36.4 Å². The number of piperidine rings is 1. The highest BCUT2D eigenvalue weighted by molar-refractivity contribution is 5.63. The molecule has 4 aliphatic rings. The molecule has 0 N–H and O–H groups in total. The van der Waals surface area contributed by atoms with Gasteiger partial charge in [-0.25, -0.2) is 4.68 Å². The minimum Gasteiger partial charge on any atom is -0.493 e. The van der Waals surface area contributed by atoms with E-state index in [1.165, 1.54) is 23.3 Å². The first kappa shape index (κ1) is 21.3. The molecular formula is C27H26F3N3O2. The molecule has 182 valence electrons. The van der Waals surface area contributed by atoms with Gasteiger partial charge in [0.25, 0.3) is 0 Å². The summed E-state index contributed by atoms with van der Waals surface area (Å²) in [5.74, 6) is 1.94. The molecule has 0 radical (unpaired) electrons. The third kappa shape index (κ3) is 2.61. The Morgan fingerprint density at radius 3 is 2.60 bits per heavy atom. The molecule has 35 heavy (non-hydrogen) atoms. The molecule has 5 nitrogen and oxygen atoms in total. The van der Waals surface area contributed by atoms with Crippen LogP contribution in [0.25, 0.3) is 5.69 Å². The van der Waals surface area contributed by atoms with E-state index in [0.29, 0.717) is 17.6 Å². The predicted molar refractivity (Wildman–Crippen MR) is 123 cm³/mol. The van der Waals surface area contributed by atoms with Crippen LogP contribution in [0, 0.1) is 12.8 Å². The molecule has 0 unspecified atom stereocenters. The van der Waals surface area contributed by atoms with Crippen molar-refractivity contribution in [3.8, 4) is 17.2 Å². The molecule has 7 rings (SSSR count). The molecule has 0 amide bonds. The minimum absolute atomic E-state index is 0.197. The van der Waals surface area contributed by atoms with Gasteiger partial charge >= 0.3 is 6.18 Å². The number of likely N-dealkylation sites (tertiary alicyclic amines) is 1. The summed E-state index contributed by atoms with van der Waals surface area (Å²) in [6.45, 7) is 2.97. The van der Waals surface area contributed by atoms with E-state index in [0.717, 1.165) is 66.4 Å². The maximum Gasteiger partial charge on any atom is 0.416 e. The molecule has 8 heteroatoms. The van der Waals surface area contributed by atoms with Crippen molar-refractivity contribution in [2.75, 3.05) is 20.7 Å². The number of aryl methyl sites for hydroxylation is 1. The Kier molecular flexibility index (Phi) is 4.14. The zero-order valence-corrected chi connectivity index (χ0v) is 19.8. The zero-order chi connectivity index (χ0) is 24.3. The Morgan fingerprint density at radius 1 is 1.11 bits per heavy atom. The predicted octanol–water partition coefficient (Wildman–Crippen LogP) is 5.01. The molecule has 0 saturated carbocycles. The third-order valence-corrected chi connectivity index (χ3v) is 8.93. The summed E-state index contributed by atoms with van der Waals surface area (Å²) in [4.78, 5) is 2.48. The number of benzene rings is 2. The van der Waals surface area contributed by atoms with Gasteiger partial charge in [0.15, 0.2) is 17.6 Å². The molecule has 3 aromatic rings. The molecule has 1 aromatic heterocycles. The number of rotatable bonds is 2. The largest absolute Gasteiger partial charge is 0.493 e. The average Bonchev–Trinajstić information content (AvgIpc) is 3.35. The first-order valence-corrected chi connectivity index (χ1v) is 12.1. The fourth-order valence-corrected chi connectivity index (χ4v) is 7.36. The minimum atomic E-state index is -4.38. The van der Waals surface area contributed by atoms with Crippen molar-refractivity contribution in [2.45, 2.75) is 49.9 Å². The van der Waals surface area contributed by atoms with Crippen LogP contribution < -0.4 is 9.47 Å². The summed E-state index contributed by atoms with van der Waals surface area (Å²) >= 11 is 0. The van der Waals surface area contributed by atoms with Gasteiger partial charge in [0.1, 0.15) is 0 Å². The monoisotopic (exact) mass is 481 g/mol. The van der Waals surface area contributed by atoms with Crippen molar-refractivity contribution >= 4 is 0 Å². The van der Waals surface area contributed by atoms with Crippen LogP contribution in [-0.2, 0) is 24.4 Å². The van der Waals surface area contributed by atoms with Gasteiger partial charge in [-0.2, -0.15) is 18.3 Å². The number of ether oxygens (including phenoxy) is 2. The molecule has 2 aliphatic carbocycles. The second-order valence-electron chi connectivity index (χ2n) is 10.4. The van der Waals surface area contributed by atoms with Crippen molar-refractivity contribution in [1.82, 2.24) is 14.7 Å². The van der Waals surface area contributed by atoms with Crippen molar-refractivity contribution in [3.05, 3.63) is 70.0 Å². The number of methoxy groups -OCH3 is 1. The molecule has 2 aliphatic heterocycles. The molecule has 1 saturated heterocycles. The highest BCUT2D eigenvalue weighted by atomic mass is 19.4. The molecule has 2 aromatic carbocycles. The van der Waals surface area contributed by atoms with Crippen LogP contribution in [-0.4, -0.2) is 41.4 Å². The Bertz CT molecular complexity index is 1360. The van der Waals surface area contributed by atoms with Crippen LogP contribution in [0.2, 0.25) is 0 Å². The molecule has 1 spiro atoms. The van der Waals surface area contributed by atoms with Crippen LogP contribution >= 0.6 is 0 Å². The molecule has 2 bridgehead atoms. The van der Waals surface area contributed by atoms with Crippen LogP contribution in [0.1, 0.15) is 46.2 Å². The van der Waals surface area contributed by atoms with E-state index in [4.69, 9.17) is 14.6 Å². The van der Waals surface area contributed by atoms with Crippen molar-refractivity contribution in [2.24, 2.45) is 5.92 Å². The van der Waals surface area contributed by atoms with E-state index in [9.17, 15) is 13.2 Å². The van der Waals surface area contributed by atoms with Crippen molar-refractivity contribution < 1.29 is 22.6 Å². The summed E-state index contributed by atoms with van der Waals surface area (Å²) in [5, 5.41) is 4.85. The van der Waals surface area contributed by atoms with E-state index in [2.05, 4.69) is 18.0 Å². The first-order valence-electron chi connectivity index (χ1n) is 12.1. The van der Waals surface area contributed by atoms with Crippen LogP contribution in [0.5, 0.6) is 11.5 Å². The van der Waals surface area contributed by atoms with Crippen molar-refractivity contribution in [3.63, 3.8) is 0 Å². The lowest BCUT2D eigenvalue weighted by molar-refractivity contribution is -0.137. The number of halogens is 3. The fraction of sp³-hybridized carbons (Fsp3) is 0.444. The van der Waals surface area contributed by atoms with E-state index in [1.54, 1.807) is 7.11 Å². The Morgan fingerprint density at radius 2 is 1.89 bits per heavy atom. The highest BCUT2D eigenvalue weighted by Gasteiger charge is 2.65. The zero-order valence-electron chi connectivity index (χ0n) is 19.8. The molecular weight excluding hydrogens is 455 g/mol. The number of hydrogen-bond donors (Lipinski definition) is 0. The lowest BCUT2D eigenvalue weighted by Crippen LogP contribution is -2.62. The third-order valence-electron chi connectivity index (χ3n) is 8.93. The number of hydrogen-bond acceptors (Lipinski definition) is 4. The molecule has 4 atom stereocenters. The second-order valence-corrected chi connectivity index (χ2v) is 10.4. The quantitative estimate of drug-likeness (QED) is 0.516. The van der Waals surface area contributed by atoms with Crippen LogP contribution in [0.4, 0.5) is 13.2 Å². The molecule has 1 fully saturated rings. The smallest absolute Gasteiger partial charge is 0.416 e. The van der Waals surface area contributed by atoms with Gasteiger partial charge in [-0.1, -0.05) is 6.07 Å². The SMILES string of the molecule is COc1ccc2c3c1O[C@H]1c4c(c(C)nn4-c4ccc(C(F)(F)F)cc4)C[C@H]4[C@H](C2)N(C)CC[C@]314. The second kappa shape index (κ2) is 6.81. The van der Waals surface area contributed by atoms with E-state index >= 15 is 0 Å². The summed E-state index contributed by atoms with van der Waals surface area (Å²) in [6.07, 6.45) is -1.82. The standard InChI is InChI=1S/C27H26F3N3O2/c1-14-18-13-19-20-12-15-4-9-21(34-3)24-22(15)26(19,10-11-32(20)2)25(35-24)23(18)33(31-14)17-7-5-16(6-8-17)27(28,29)30/h4-9,19-20,25H,10-13H2,1-3H3/t19-,20-,25-,26-/m0/s1. The molecule has 3 heterocycles. The topological polar surface area (TPSA) is 39.5 Å². The van der Waals surface area contributed by atoms with Gasteiger partial charge in [-0.05, 0) is 81.6 Å². The number of likely N-dealkylation sites (N-methyl/N-ethyl adjacent to an activating group) is 1. The van der Waals surface area contributed by atoms with E-state index < -0.39 is 11.7 Å².